The molecule has 0 spiro atoms. The predicted octanol–water partition coefficient (Wildman–Crippen LogP) is 11.2. The Kier molecular flexibility index (Phi) is 7.73. The third-order valence-corrected chi connectivity index (χ3v) is 8.71. The highest BCUT2D eigenvalue weighted by molar-refractivity contribution is 6.24. The second kappa shape index (κ2) is 12.8. The standard InChI is InChI=1S/C44H31N3O/c1-45-43(34-27-25-32(26-28-34)31-15-6-3-7-16-31)47-44(46-29-30-13-4-2-5-14-30)38-22-12-24-40-42(38)41-37(21-11-23-39(41)48-40)36-20-10-18-33-17-8-9-19-35(33)36/h2-28H,1,29H2/b46-44-,47-43-. The quantitative estimate of drug-likeness (QED) is 0.135. The minimum absolute atomic E-state index is 0.458. The number of hydrogen-bond acceptors (Lipinski definition) is 2. The lowest BCUT2D eigenvalue weighted by molar-refractivity contribution is 0.669. The van der Waals surface area contributed by atoms with Gasteiger partial charge >= 0.3 is 0 Å². The minimum Gasteiger partial charge on any atom is -0.456 e. The zero-order valence-corrected chi connectivity index (χ0v) is 26.3. The zero-order valence-electron chi connectivity index (χ0n) is 26.3. The Balaban J connectivity index is 1.33. The van der Waals surface area contributed by atoms with Crippen molar-refractivity contribution in [2.45, 2.75) is 6.54 Å². The van der Waals surface area contributed by atoms with Crippen molar-refractivity contribution in [3.05, 3.63) is 180 Å². The van der Waals surface area contributed by atoms with Crippen molar-refractivity contribution in [1.82, 2.24) is 0 Å². The maximum absolute atomic E-state index is 6.51. The molecule has 8 rings (SSSR count). The van der Waals surface area contributed by atoms with E-state index in [1.807, 2.05) is 66.7 Å². The Morgan fingerprint density at radius 3 is 1.94 bits per heavy atom. The molecule has 0 fully saturated rings. The van der Waals surface area contributed by atoms with E-state index in [1.54, 1.807) is 0 Å². The first-order valence-corrected chi connectivity index (χ1v) is 16.0. The monoisotopic (exact) mass is 617 g/mol. The Bertz CT molecular complexity index is 2470. The van der Waals surface area contributed by atoms with E-state index in [1.165, 1.54) is 10.8 Å². The lowest BCUT2D eigenvalue weighted by Gasteiger charge is -2.11. The second-order valence-electron chi connectivity index (χ2n) is 11.6. The fourth-order valence-electron chi connectivity index (χ4n) is 6.40. The highest BCUT2D eigenvalue weighted by Gasteiger charge is 2.20. The maximum Gasteiger partial charge on any atom is 0.161 e. The fraction of sp³-hybridized carbons (Fsp3) is 0.0227. The van der Waals surface area contributed by atoms with E-state index in [0.29, 0.717) is 18.2 Å². The van der Waals surface area contributed by atoms with Crippen molar-refractivity contribution in [3.8, 4) is 22.3 Å². The molecule has 0 amide bonds. The van der Waals surface area contributed by atoms with E-state index < -0.39 is 0 Å². The topological polar surface area (TPSA) is 50.2 Å². The van der Waals surface area contributed by atoms with Crippen molar-refractivity contribution in [2.75, 3.05) is 0 Å². The van der Waals surface area contributed by atoms with Gasteiger partial charge in [-0.2, -0.15) is 0 Å². The number of aliphatic imine (C=N–C) groups is 3. The number of rotatable bonds is 6. The van der Waals surface area contributed by atoms with Gasteiger partial charge in [-0.25, -0.2) is 9.98 Å². The number of amidine groups is 2. The summed E-state index contributed by atoms with van der Waals surface area (Å²) < 4.78 is 6.51. The average Bonchev–Trinajstić information content (AvgIpc) is 3.55. The molecule has 0 saturated carbocycles. The molecule has 228 valence electrons. The SMILES string of the molecule is C=N/C(=N\C(=N/Cc1ccccc1)c1cccc2oc3cccc(-c4cccc5ccccc45)c3c12)c1ccc(-c2ccccc2)cc1. The van der Waals surface area contributed by atoms with Crippen molar-refractivity contribution in [2.24, 2.45) is 15.0 Å². The predicted molar refractivity (Wildman–Crippen MR) is 201 cm³/mol. The Morgan fingerprint density at radius 1 is 0.521 bits per heavy atom. The first-order valence-electron chi connectivity index (χ1n) is 16.0. The van der Waals surface area contributed by atoms with Gasteiger partial charge in [0.1, 0.15) is 11.2 Å². The summed E-state index contributed by atoms with van der Waals surface area (Å²) in [5.74, 6) is 1.06. The van der Waals surface area contributed by atoms with Crippen LogP contribution in [0.5, 0.6) is 0 Å². The number of furan rings is 1. The lowest BCUT2D eigenvalue weighted by Crippen LogP contribution is -2.06. The van der Waals surface area contributed by atoms with E-state index in [0.717, 1.165) is 60.9 Å². The van der Waals surface area contributed by atoms with Gasteiger partial charge in [-0.05, 0) is 57.4 Å². The number of fused-ring (bicyclic) bond motifs is 4. The largest absolute Gasteiger partial charge is 0.456 e. The van der Waals surface area contributed by atoms with E-state index in [-0.39, 0.29) is 0 Å². The van der Waals surface area contributed by atoms with Crippen LogP contribution in [0.1, 0.15) is 16.7 Å². The Morgan fingerprint density at radius 2 is 1.15 bits per heavy atom. The highest BCUT2D eigenvalue weighted by atomic mass is 16.3. The molecule has 0 saturated heterocycles. The van der Waals surface area contributed by atoms with Crippen molar-refractivity contribution < 1.29 is 4.42 Å². The van der Waals surface area contributed by atoms with E-state index in [2.05, 4.69) is 109 Å². The van der Waals surface area contributed by atoms with E-state index >= 15 is 0 Å². The van der Waals surface area contributed by atoms with Gasteiger partial charge in [-0.3, -0.25) is 4.99 Å². The summed E-state index contributed by atoms with van der Waals surface area (Å²) in [4.78, 5) is 14.7. The van der Waals surface area contributed by atoms with Crippen LogP contribution in [0.4, 0.5) is 0 Å². The first-order chi connectivity index (χ1) is 23.8. The van der Waals surface area contributed by atoms with Crippen LogP contribution in [0, 0.1) is 0 Å². The molecule has 0 aliphatic carbocycles. The molecule has 0 aliphatic heterocycles. The normalized spacial score (nSPS) is 12.2. The van der Waals surface area contributed by atoms with Crippen LogP contribution in [-0.4, -0.2) is 18.4 Å². The molecule has 0 bridgehead atoms. The number of hydrogen-bond donors (Lipinski definition) is 0. The molecule has 4 nitrogen and oxygen atoms in total. The average molecular weight is 618 g/mol. The summed E-state index contributed by atoms with van der Waals surface area (Å²) in [6, 6.07) is 56.1. The van der Waals surface area contributed by atoms with Crippen molar-refractivity contribution in [3.63, 3.8) is 0 Å². The third-order valence-electron chi connectivity index (χ3n) is 8.71. The van der Waals surface area contributed by atoms with E-state index in [4.69, 9.17) is 14.4 Å². The summed E-state index contributed by atoms with van der Waals surface area (Å²) in [5, 5.41) is 4.37. The van der Waals surface area contributed by atoms with Gasteiger partial charge in [-0.15, -0.1) is 0 Å². The summed E-state index contributed by atoms with van der Waals surface area (Å²) in [5.41, 5.74) is 8.93. The van der Waals surface area contributed by atoms with Crippen LogP contribution < -0.4 is 0 Å². The van der Waals surface area contributed by atoms with Gasteiger partial charge in [0.05, 0.1) is 6.54 Å². The molecule has 1 aromatic heterocycles. The highest BCUT2D eigenvalue weighted by Crippen LogP contribution is 2.40. The van der Waals surface area contributed by atoms with Crippen LogP contribution in [-0.2, 0) is 6.54 Å². The van der Waals surface area contributed by atoms with Gasteiger partial charge in [-0.1, -0.05) is 152 Å². The molecule has 4 heteroatoms. The molecule has 7 aromatic carbocycles. The van der Waals surface area contributed by atoms with Crippen molar-refractivity contribution >= 4 is 51.1 Å². The number of nitrogens with zero attached hydrogens (tertiary/aromatic N) is 3. The molecule has 48 heavy (non-hydrogen) atoms. The smallest absolute Gasteiger partial charge is 0.161 e. The summed E-state index contributed by atoms with van der Waals surface area (Å²) in [6.07, 6.45) is 0. The third kappa shape index (κ3) is 5.50. The lowest BCUT2D eigenvalue weighted by atomic mass is 9.93. The second-order valence-corrected chi connectivity index (χ2v) is 11.6. The van der Waals surface area contributed by atoms with Crippen LogP contribution in [0.3, 0.4) is 0 Å². The fourth-order valence-corrected chi connectivity index (χ4v) is 6.40. The van der Waals surface area contributed by atoms with Gasteiger partial charge in [0, 0.05) is 21.9 Å². The molecule has 1 heterocycles. The van der Waals surface area contributed by atoms with Gasteiger partial charge in [0.25, 0.3) is 0 Å². The molecule has 0 unspecified atom stereocenters. The van der Waals surface area contributed by atoms with Crippen molar-refractivity contribution in [1.29, 1.82) is 0 Å². The molecular weight excluding hydrogens is 587 g/mol. The molecule has 8 aromatic rings. The summed E-state index contributed by atoms with van der Waals surface area (Å²) in [7, 11) is 0. The van der Waals surface area contributed by atoms with Crippen LogP contribution in [0.25, 0.3) is 55.0 Å². The van der Waals surface area contributed by atoms with Crippen LogP contribution in [0.2, 0.25) is 0 Å². The molecule has 0 radical (unpaired) electrons. The Hall–Kier alpha value is -6.39. The first kappa shape index (κ1) is 29.0. The van der Waals surface area contributed by atoms with E-state index in [9.17, 15) is 0 Å². The van der Waals surface area contributed by atoms with Crippen LogP contribution in [0.15, 0.2) is 183 Å². The Labute approximate surface area is 279 Å². The molecule has 0 N–H and O–H groups in total. The van der Waals surface area contributed by atoms with Gasteiger partial charge < -0.3 is 4.42 Å². The summed E-state index contributed by atoms with van der Waals surface area (Å²) >= 11 is 0. The number of benzene rings is 7. The van der Waals surface area contributed by atoms with Gasteiger partial charge in [0.2, 0.25) is 0 Å². The molecule has 0 aliphatic rings. The summed E-state index contributed by atoms with van der Waals surface area (Å²) in [6.45, 7) is 4.37. The maximum atomic E-state index is 6.51. The molecular formula is C44H31N3O. The van der Waals surface area contributed by atoms with Crippen LogP contribution >= 0.6 is 0 Å². The minimum atomic E-state index is 0.458. The zero-order chi connectivity index (χ0) is 32.3. The van der Waals surface area contributed by atoms with Gasteiger partial charge in [0.15, 0.2) is 11.7 Å². The molecule has 0 atom stereocenters.